The Morgan fingerprint density at radius 1 is 1.15 bits per heavy atom. The average molecular weight is 460 g/mol. The Morgan fingerprint density at radius 2 is 1.91 bits per heavy atom. The quantitative estimate of drug-likeness (QED) is 0.202. The highest BCUT2D eigenvalue weighted by molar-refractivity contribution is 5.95. The molecule has 1 saturated carbocycles. The van der Waals surface area contributed by atoms with Gasteiger partial charge in [-0.1, -0.05) is 56.4 Å². The van der Waals surface area contributed by atoms with E-state index in [1.165, 1.54) is 32.1 Å². The maximum Gasteiger partial charge on any atom is 0.303 e. The number of aromatic nitrogens is 1. The number of hydrogen-bond donors (Lipinski definition) is 3. The van der Waals surface area contributed by atoms with Crippen LogP contribution in [0, 0.1) is 11.5 Å². The SMILES string of the molecule is N#CN=C(Nc1cccc(C(=CCCCC(=O)O)c2cccnc2)c1)NC1CCCCCCC1. The van der Waals surface area contributed by atoms with E-state index >= 15 is 0 Å². The molecule has 0 aliphatic heterocycles. The predicted octanol–water partition coefficient (Wildman–Crippen LogP) is 5.72. The number of pyridine rings is 1. The van der Waals surface area contributed by atoms with Crippen molar-refractivity contribution in [3.8, 4) is 6.19 Å². The van der Waals surface area contributed by atoms with Gasteiger partial charge in [-0.3, -0.25) is 9.78 Å². The van der Waals surface area contributed by atoms with Gasteiger partial charge < -0.3 is 15.7 Å². The number of carboxylic acid groups (broad SMARTS) is 1. The van der Waals surface area contributed by atoms with E-state index in [0.717, 1.165) is 35.2 Å². The van der Waals surface area contributed by atoms with E-state index < -0.39 is 5.97 Å². The van der Waals surface area contributed by atoms with Crippen LogP contribution in [0.4, 0.5) is 5.69 Å². The summed E-state index contributed by atoms with van der Waals surface area (Å²) in [5.74, 6) is -0.317. The Kier molecular flexibility index (Phi) is 10.1. The molecule has 178 valence electrons. The minimum atomic E-state index is -0.788. The number of allylic oxidation sites excluding steroid dienone is 1. The molecule has 34 heavy (non-hydrogen) atoms. The van der Waals surface area contributed by atoms with Crippen LogP contribution in [0.25, 0.3) is 5.57 Å². The van der Waals surface area contributed by atoms with E-state index in [0.29, 0.717) is 24.8 Å². The molecular weight excluding hydrogens is 426 g/mol. The first-order chi connectivity index (χ1) is 16.7. The van der Waals surface area contributed by atoms with E-state index in [4.69, 9.17) is 5.11 Å². The fourth-order valence-corrected chi connectivity index (χ4v) is 4.27. The average Bonchev–Trinajstić information content (AvgIpc) is 2.81. The van der Waals surface area contributed by atoms with Crippen molar-refractivity contribution in [2.75, 3.05) is 5.32 Å². The van der Waals surface area contributed by atoms with E-state index in [9.17, 15) is 10.1 Å². The molecule has 1 heterocycles. The number of aliphatic carboxylic acids is 1. The summed E-state index contributed by atoms with van der Waals surface area (Å²) in [6, 6.07) is 12.1. The van der Waals surface area contributed by atoms with Crippen LogP contribution in [0.15, 0.2) is 59.9 Å². The van der Waals surface area contributed by atoms with Crippen LogP contribution in [-0.4, -0.2) is 28.1 Å². The van der Waals surface area contributed by atoms with Crippen LogP contribution in [0.5, 0.6) is 0 Å². The van der Waals surface area contributed by atoms with Gasteiger partial charge in [-0.15, -0.1) is 4.99 Å². The van der Waals surface area contributed by atoms with Crippen molar-refractivity contribution in [3.63, 3.8) is 0 Å². The first-order valence-electron chi connectivity index (χ1n) is 12.1. The summed E-state index contributed by atoms with van der Waals surface area (Å²) in [6.07, 6.45) is 17.2. The molecule has 1 aromatic carbocycles. The molecule has 3 rings (SSSR count). The summed E-state index contributed by atoms with van der Waals surface area (Å²) in [6.45, 7) is 0. The number of rotatable bonds is 8. The molecule has 0 unspecified atom stereocenters. The molecule has 0 bridgehead atoms. The molecule has 1 aliphatic carbocycles. The zero-order chi connectivity index (χ0) is 24.0. The molecule has 0 spiro atoms. The van der Waals surface area contributed by atoms with Crippen molar-refractivity contribution in [1.82, 2.24) is 10.3 Å². The maximum atomic E-state index is 10.9. The fourth-order valence-electron chi connectivity index (χ4n) is 4.27. The van der Waals surface area contributed by atoms with Gasteiger partial charge >= 0.3 is 5.97 Å². The van der Waals surface area contributed by atoms with Gasteiger partial charge in [0.05, 0.1) is 0 Å². The molecule has 7 heteroatoms. The van der Waals surface area contributed by atoms with Gasteiger partial charge in [0.15, 0.2) is 0 Å². The smallest absolute Gasteiger partial charge is 0.303 e. The molecule has 1 aliphatic rings. The molecule has 1 fully saturated rings. The number of nitrogens with zero attached hydrogens (tertiary/aromatic N) is 3. The third kappa shape index (κ3) is 8.36. The summed E-state index contributed by atoms with van der Waals surface area (Å²) in [4.78, 5) is 19.1. The fraction of sp³-hybridized carbons (Fsp3) is 0.407. The van der Waals surface area contributed by atoms with Gasteiger partial charge in [-0.25, -0.2) is 0 Å². The molecule has 0 atom stereocenters. The third-order valence-corrected chi connectivity index (χ3v) is 5.96. The summed E-state index contributed by atoms with van der Waals surface area (Å²) >= 11 is 0. The second-order valence-corrected chi connectivity index (χ2v) is 8.60. The van der Waals surface area contributed by atoms with Gasteiger partial charge in [0.1, 0.15) is 0 Å². The van der Waals surface area contributed by atoms with Crippen LogP contribution >= 0.6 is 0 Å². The molecule has 1 aromatic heterocycles. The highest BCUT2D eigenvalue weighted by Crippen LogP contribution is 2.26. The van der Waals surface area contributed by atoms with Crippen LogP contribution in [0.3, 0.4) is 0 Å². The lowest BCUT2D eigenvalue weighted by atomic mass is 9.96. The maximum absolute atomic E-state index is 10.9. The zero-order valence-electron chi connectivity index (χ0n) is 19.5. The van der Waals surface area contributed by atoms with Crippen molar-refractivity contribution in [2.24, 2.45) is 4.99 Å². The van der Waals surface area contributed by atoms with E-state index in [1.807, 2.05) is 48.8 Å². The van der Waals surface area contributed by atoms with Crippen LogP contribution < -0.4 is 10.6 Å². The highest BCUT2D eigenvalue weighted by Gasteiger charge is 2.14. The Labute approximate surface area is 201 Å². The number of aliphatic imine (C=N–C) groups is 1. The number of guanidine groups is 1. The van der Waals surface area contributed by atoms with Gasteiger partial charge in [-0.2, -0.15) is 5.26 Å². The Balaban J connectivity index is 1.78. The number of carbonyl (C=O) groups is 1. The Morgan fingerprint density at radius 3 is 2.62 bits per heavy atom. The summed E-state index contributed by atoms with van der Waals surface area (Å²) < 4.78 is 0. The monoisotopic (exact) mass is 459 g/mol. The van der Waals surface area contributed by atoms with E-state index in [2.05, 4.69) is 26.7 Å². The number of anilines is 1. The van der Waals surface area contributed by atoms with Crippen molar-refractivity contribution >= 4 is 23.2 Å². The lowest BCUT2D eigenvalue weighted by Gasteiger charge is -2.23. The molecule has 0 radical (unpaired) electrons. The largest absolute Gasteiger partial charge is 0.481 e. The number of hydrogen-bond acceptors (Lipinski definition) is 4. The molecule has 3 N–H and O–H groups in total. The normalized spacial score (nSPS) is 15.6. The number of carboxylic acids is 1. The summed E-state index contributed by atoms with van der Waals surface area (Å²) in [7, 11) is 0. The second kappa shape index (κ2) is 13.8. The number of unbranched alkanes of at least 4 members (excludes halogenated alkanes) is 1. The van der Waals surface area contributed by atoms with Gasteiger partial charge in [0.2, 0.25) is 12.2 Å². The van der Waals surface area contributed by atoms with E-state index in [-0.39, 0.29) is 6.42 Å². The number of nitriles is 1. The molecule has 2 aromatic rings. The standard InChI is InChI=1S/C27H33N5O2/c28-20-30-27(31-23-12-4-2-1-3-5-13-23)32-24-14-8-10-21(18-24)25(15-6-7-16-26(33)34)22-11-9-17-29-19-22/h8-11,14-15,17-19,23H,1-7,12-13,16H2,(H,33,34)(H2,30,31,32). The second-order valence-electron chi connectivity index (χ2n) is 8.60. The first kappa shape index (κ1) is 25.0. The predicted molar refractivity (Wildman–Crippen MR) is 135 cm³/mol. The van der Waals surface area contributed by atoms with Crippen molar-refractivity contribution < 1.29 is 9.90 Å². The minimum Gasteiger partial charge on any atom is -0.481 e. The van der Waals surface area contributed by atoms with Gasteiger partial charge in [-0.05, 0) is 55.0 Å². The number of nitrogens with one attached hydrogen (secondary N) is 2. The zero-order valence-corrected chi connectivity index (χ0v) is 19.5. The van der Waals surface area contributed by atoms with Gasteiger partial charge in [0, 0.05) is 36.1 Å². The minimum absolute atomic E-state index is 0.138. The Hall–Kier alpha value is -3.66. The molecule has 7 nitrogen and oxygen atoms in total. The topological polar surface area (TPSA) is 110 Å². The third-order valence-electron chi connectivity index (χ3n) is 5.96. The first-order valence-corrected chi connectivity index (χ1v) is 12.1. The summed E-state index contributed by atoms with van der Waals surface area (Å²) in [5, 5.41) is 24.9. The molecule has 0 saturated heterocycles. The lowest BCUT2D eigenvalue weighted by Crippen LogP contribution is -2.39. The number of benzene rings is 1. The van der Waals surface area contributed by atoms with E-state index in [1.54, 1.807) is 6.20 Å². The van der Waals surface area contributed by atoms with Crippen LogP contribution in [-0.2, 0) is 4.79 Å². The molecular formula is C27H33N5O2. The van der Waals surface area contributed by atoms with Crippen LogP contribution in [0.1, 0.15) is 75.3 Å². The van der Waals surface area contributed by atoms with Gasteiger partial charge in [0.25, 0.3) is 0 Å². The van der Waals surface area contributed by atoms with Crippen molar-refractivity contribution in [1.29, 1.82) is 5.26 Å². The lowest BCUT2D eigenvalue weighted by molar-refractivity contribution is -0.137. The van der Waals surface area contributed by atoms with Crippen molar-refractivity contribution in [3.05, 3.63) is 66.0 Å². The highest BCUT2D eigenvalue weighted by atomic mass is 16.4. The molecule has 0 amide bonds. The van der Waals surface area contributed by atoms with Crippen LogP contribution in [0.2, 0.25) is 0 Å². The Bertz CT molecular complexity index is 1020. The van der Waals surface area contributed by atoms with Crippen molar-refractivity contribution in [2.45, 2.75) is 70.3 Å². The summed E-state index contributed by atoms with van der Waals surface area (Å²) in [5.41, 5.74) is 3.77.